The van der Waals surface area contributed by atoms with Crippen LogP contribution in [-0.2, 0) is 33.5 Å². The number of aryl methyl sites for hydroxylation is 1. The molecule has 1 aliphatic rings. The lowest BCUT2D eigenvalue weighted by atomic mass is 10.00. The Morgan fingerprint density at radius 3 is 2.43 bits per heavy atom. The molecule has 0 aliphatic carbocycles. The summed E-state index contributed by atoms with van der Waals surface area (Å²) in [6.07, 6.45) is 0.929. The second-order valence-electron chi connectivity index (χ2n) is 7.30. The van der Waals surface area contributed by atoms with E-state index in [4.69, 9.17) is 0 Å². The molecule has 1 aliphatic heterocycles. The average molecular weight is 424 g/mol. The summed E-state index contributed by atoms with van der Waals surface area (Å²) in [5.74, 6) is -0.745. The van der Waals surface area contributed by atoms with Crippen LogP contribution in [0.2, 0.25) is 0 Å². The third kappa shape index (κ3) is 4.68. The molecule has 0 unspecified atom stereocenters. The maximum Gasteiger partial charge on any atom is 0.236 e. The molecule has 0 saturated carbocycles. The number of carbonyl (C=O) groups is 1. The van der Waals surface area contributed by atoms with Crippen molar-refractivity contribution in [3.63, 3.8) is 0 Å². The average Bonchev–Trinajstić information content (AvgIpc) is 2.70. The first-order valence-corrected chi connectivity index (χ1v) is 11.3. The molecule has 0 saturated heterocycles. The summed E-state index contributed by atoms with van der Waals surface area (Å²) in [6.45, 7) is 0.470. The Kier molecular flexibility index (Phi) is 5.55. The number of sulfonamides is 1. The van der Waals surface area contributed by atoms with Gasteiger partial charge in [0.05, 0.1) is 12.3 Å². The van der Waals surface area contributed by atoms with E-state index in [1.54, 1.807) is 29.2 Å². The lowest BCUT2D eigenvalue weighted by molar-refractivity contribution is -0.119. The zero-order valence-corrected chi connectivity index (χ0v) is 17.0. The van der Waals surface area contributed by atoms with Crippen LogP contribution in [-0.4, -0.2) is 14.3 Å². The summed E-state index contributed by atoms with van der Waals surface area (Å²) in [6, 6.07) is 20.5. The van der Waals surface area contributed by atoms with Crippen LogP contribution in [0.1, 0.15) is 23.1 Å². The van der Waals surface area contributed by atoms with Gasteiger partial charge in [-0.3, -0.25) is 9.52 Å². The highest BCUT2D eigenvalue weighted by atomic mass is 32.2. The first-order valence-electron chi connectivity index (χ1n) is 9.62. The van der Waals surface area contributed by atoms with Crippen molar-refractivity contribution in [2.75, 3.05) is 9.62 Å². The smallest absolute Gasteiger partial charge is 0.236 e. The van der Waals surface area contributed by atoms with E-state index >= 15 is 0 Å². The second kappa shape index (κ2) is 8.28. The topological polar surface area (TPSA) is 66.5 Å². The van der Waals surface area contributed by atoms with Crippen LogP contribution >= 0.6 is 0 Å². The number of carbonyl (C=O) groups excluding carboxylic acids is 1. The van der Waals surface area contributed by atoms with Crippen LogP contribution in [0, 0.1) is 5.82 Å². The van der Waals surface area contributed by atoms with Gasteiger partial charge < -0.3 is 4.90 Å². The molecular weight excluding hydrogens is 403 g/mol. The number of nitrogens with zero attached hydrogens (tertiary/aromatic N) is 1. The van der Waals surface area contributed by atoms with Gasteiger partial charge >= 0.3 is 0 Å². The summed E-state index contributed by atoms with van der Waals surface area (Å²) in [7, 11) is -3.70. The van der Waals surface area contributed by atoms with Crippen LogP contribution in [0.3, 0.4) is 0 Å². The quantitative estimate of drug-likeness (QED) is 0.643. The van der Waals surface area contributed by atoms with Crippen LogP contribution in [0.25, 0.3) is 0 Å². The zero-order chi connectivity index (χ0) is 21.1. The molecule has 0 fully saturated rings. The lowest BCUT2D eigenvalue weighted by Crippen LogP contribution is -2.34. The standard InChI is InChI=1S/C23H21FN2O3S/c24-20-8-4-7-18(13-20)16-30(28,29)25-21-10-11-22-19(14-21)9-12-23(27)26(22)15-17-5-2-1-3-6-17/h1-8,10-11,13-14,25H,9,12,15-16H2. The van der Waals surface area contributed by atoms with E-state index in [2.05, 4.69) is 4.72 Å². The van der Waals surface area contributed by atoms with Gasteiger partial charge in [0, 0.05) is 17.8 Å². The van der Waals surface area contributed by atoms with Crippen molar-refractivity contribution in [1.82, 2.24) is 0 Å². The van der Waals surface area contributed by atoms with Gasteiger partial charge in [-0.25, -0.2) is 12.8 Å². The molecule has 154 valence electrons. The molecule has 3 aromatic carbocycles. The maximum atomic E-state index is 13.3. The van der Waals surface area contributed by atoms with Crippen molar-refractivity contribution >= 4 is 27.3 Å². The summed E-state index contributed by atoms with van der Waals surface area (Å²) >= 11 is 0. The fourth-order valence-corrected chi connectivity index (χ4v) is 4.80. The minimum absolute atomic E-state index is 0.0470. The highest BCUT2D eigenvalue weighted by Crippen LogP contribution is 2.32. The summed E-state index contributed by atoms with van der Waals surface area (Å²) in [4.78, 5) is 14.2. The number of rotatable bonds is 6. The predicted octanol–water partition coefficient (Wildman–Crippen LogP) is 4.25. The highest BCUT2D eigenvalue weighted by molar-refractivity contribution is 7.91. The van der Waals surface area contributed by atoms with Gasteiger partial charge in [-0.1, -0.05) is 42.5 Å². The Hall–Kier alpha value is -3.19. The third-order valence-electron chi connectivity index (χ3n) is 4.98. The van der Waals surface area contributed by atoms with E-state index in [1.807, 2.05) is 30.3 Å². The summed E-state index contributed by atoms with van der Waals surface area (Å²) in [5, 5.41) is 0. The van der Waals surface area contributed by atoms with Gasteiger partial charge in [-0.2, -0.15) is 0 Å². The Morgan fingerprint density at radius 1 is 0.900 bits per heavy atom. The van der Waals surface area contributed by atoms with Crippen LogP contribution < -0.4 is 9.62 Å². The monoisotopic (exact) mass is 424 g/mol. The molecule has 1 heterocycles. The van der Waals surface area contributed by atoms with Crippen molar-refractivity contribution in [2.24, 2.45) is 0 Å². The fourth-order valence-electron chi connectivity index (χ4n) is 3.62. The van der Waals surface area contributed by atoms with Gasteiger partial charge in [0.1, 0.15) is 5.82 Å². The van der Waals surface area contributed by atoms with Gasteiger partial charge in [0.15, 0.2) is 0 Å². The predicted molar refractivity (Wildman–Crippen MR) is 115 cm³/mol. The molecule has 0 spiro atoms. The number of halogens is 1. The number of fused-ring (bicyclic) bond motifs is 1. The van der Waals surface area contributed by atoms with Crippen molar-refractivity contribution in [3.05, 3.63) is 95.3 Å². The Bertz CT molecular complexity index is 1180. The first kappa shape index (κ1) is 20.1. The summed E-state index contributed by atoms with van der Waals surface area (Å²) in [5.41, 5.74) is 3.54. The Morgan fingerprint density at radius 2 is 1.67 bits per heavy atom. The largest absolute Gasteiger partial charge is 0.308 e. The van der Waals surface area contributed by atoms with E-state index in [0.717, 1.165) is 16.8 Å². The molecule has 0 radical (unpaired) electrons. The van der Waals surface area contributed by atoms with Gasteiger partial charge in [0.25, 0.3) is 0 Å². The molecule has 7 heteroatoms. The SMILES string of the molecule is O=C1CCc2cc(NS(=O)(=O)Cc3cccc(F)c3)ccc2N1Cc1ccccc1. The van der Waals surface area contributed by atoms with E-state index in [0.29, 0.717) is 30.6 Å². The van der Waals surface area contributed by atoms with Crippen LogP contribution in [0.4, 0.5) is 15.8 Å². The van der Waals surface area contributed by atoms with Crippen molar-refractivity contribution < 1.29 is 17.6 Å². The van der Waals surface area contributed by atoms with Crippen molar-refractivity contribution in [3.8, 4) is 0 Å². The molecule has 1 N–H and O–H groups in total. The Balaban J connectivity index is 1.54. The molecule has 3 aromatic rings. The van der Waals surface area contributed by atoms with Crippen molar-refractivity contribution in [1.29, 1.82) is 0 Å². The van der Waals surface area contributed by atoms with Crippen LogP contribution in [0.5, 0.6) is 0 Å². The minimum atomic E-state index is -3.70. The number of hydrogen-bond acceptors (Lipinski definition) is 3. The van der Waals surface area contributed by atoms with Crippen LogP contribution in [0.15, 0.2) is 72.8 Å². The normalized spacial score (nSPS) is 13.8. The molecular formula is C23H21FN2O3S. The molecule has 5 nitrogen and oxygen atoms in total. The molecule has 0 aromatic heterocycles. The molecule has 4 rings (SSSR count). The van der Waals surface area contributed by atoms with E-state index < -0.39 is 15.8 Å². The first-order chi connectivity index (χ1) is 14.4. The highest BCUT2D eigenvalue weighted by Gasteiger charge is 2.25. The lowest BCUT2D eigenvalue weighted by Gasteiger charge is -2.30. The number of amides is 1. The van der Waals surface area contributed by atoms with Gasteiger partial charge in [-0.15, -0.1) is 0 Å². The third-order valence-corrected chi connectivity index (χ3v) is 6.24. The maximum absolute atomic E-state index is 13.3. The minimum Gasteiger partial charge on any atom is -0.308 e. The van der Waals surface area contributed by atoms with Gasteiger partial charge in [0.2, 0.25) is 15.9 Å². The summed E-state index contributed by atoms with van der Waals surface area (Å²) < 4.78 is 40.9. The number of benzene rings is 3. The Labute approximate surface area is 175 Å². The van der Waals surface area contributed by atoms with E-state index in [-0.39, 0.29) is 11.7 Å². The molecule has 0 bridgehead atoms. The number of hydrogen-bond donors (Lipinski definition) is 1. The zero-order valence-electron chi connectivity index (χ0n) is 16.2. The molecule has 30 heavy (non-hydrogen) atoms. The van der Waals surface area contributed by atoms with Gasteiger partial charge in [-0.05, 0) is 53.4 Å². The number of nitrogens with one attached hydrogen (secondary N) is 1. The van der Waals surface area contributed by atoms with Crippen molar-refractivity contribution in [2.45, 2.75) is 25.1 Å². The second-order valence-corrected chi connectivity index (χ2v) is 9.02. The molecule has 0 atom stereocenters. The molecule has 1 amide bonds. The number of anilines is 2. The van der Waals surface area contributed by atoms with E-state index in [1.165, 1.54) is 18.2 Å². The van der Waals surface area contributed by atoms with E-state index in [9.17, 15) is 17.6 Å². The fraction of sp³-hybridized carbons (Fsp3) is 0.174.